The molecular formula is C14H23N. The van der Waals surface area contributed by atoms with Gasteiger partial charge in [0.1, 0.15) is 0 Å². The molecule has 0 aliphatic carbocycles. The Morgan fingerprint density at radius 3 is 2.20 bits per heavy atom. The van der Waals surface area contributed by atoms with Gasteiger partial charge in [0.15, 0.2) is 0 Å². The van der Waals surface area contributed by atoms with Crippen LogP contribution in [0.1, 0.15) is 45.1 Å². The zero-order valence-corrected chi connectivity index (χ0v) is 10.2. The zero-order chi connectivity index (χ0) is 11.1. The molecule has 1 unspecified atom stereocenters. The van der Waals surface area contributed by atoms with Crippen molar-refractivity contribution in [2.24, 2.45) is 0 Å². The Balaban J connectivity index is 2.39. The van der Waals surface area contributed by atoms with Crippen LogP contribution in [0.5, 0.6) is 0 Å². The molecule has 84 valence electrons. The molecule has 1 aromatic carbocycles. The summed E-state index contributed by atoms with van der Waals surface area (Å²) in [5, 5.41) is 3.62. The van der Waals surface area contributed by atoms with E-state index in [1.807, 2.05) is 0 Å². The van der Waals surface area contributed by atoms with Crippen LogP contribution >= 0.6 is 0 Å². The standard InChI is InChI=1S/C14H23N/c1-4-14(5-2)15-11-12(3)13-9-7-6-8-10-13/h6-10,12,14-15H,4-5,11H2,1-3H3. The lowest BCUT2D eigenvalue weighted by Gasteiger charge is -2.18. The number of hydrogen-bond acceptors (Lipinski definition) is 1. The highest BCUT2D eigenvalue weighted by atomic mass is 14.9. The van der Waals surface area contributed by atoms with E-state index in [-0.39, 0.29) is 0 Å². The van der Waals surface area contributed by atoms with E-state index in [2.05, 4.69) is 56.4 Å². The first-order valence-corrected chi connectivity index (χ1v) is 6.06. The van der Waals surface area contributed by atoms with Gasteiger partial charge in [-0.15, -0.1) is 0 Å². The summed E-state index contributed by atoms with van der Waals surface area (Å²) in [5.41, 5.74) is 1.43. The van der Waals surface area contributed by atoms with Crippen LogP contribution in [0.15, 0.2) is 30.3 Å². The third-order valence-corrected chi connectivity index (χ3v) is 3.07. The maximum Gasteiger partial charge on any atom is 0.00620 e. The van der Waals surface area contributed by atoms with Crippen LogP contribution in [-0.4, -0.2) is 12.6 Å². The minimum absolute atomic E-state index is 0.604. The molecule has 0 saturated carbocycles. The SMILES string of the molecule is CCC(CC)NCC(C)c1ccccc1. The largest absolute Gasteiger partial charge is 0.313 e. The minimum atomic E-state index is 0.604. The van der Waals surface area contributed by atoms with Gasteiger partial charge in [-0.1, -0.05) is 51.1 Å². The Bertz CT molecular complexity index is 251. The van der Waals surface area contributed by atoms with Crippen LogP contribution in [0.4, 0.5) is 0 Å². The summed E-state index contributed by atoms with van der Waals surface area (Å²) < 4.78 is 0. The fourth-order valence-electron chi connectivity index (χ4n) is 1.82. The predicted molar refractivity (Wildman–Crippen MR) is 67.2 cm³/mol. The maximum atomic E-state index is 3.62. The fraction of sp³-hybridized carbons (Fsp3) is 0.571. The Kier molecular flexibility index (Phi) is 5.41. The van der Waals surface area contributed by atoms with Crippen LogP contribution in [0.3, 0.4) is 0 Å². The van der Waals surface area contributed by atoms with Gasteiger partial charge < -0.3 is 5.32 Å². The van der Waals surface area contributed by atoms with E-state index < -0.39 is 0 Å². The van der Waals surface area contributed by atoms with Crippen LogP contribution in [0.2, 0.25) is 0 Å². The van der Waals surface area contributed by atoms with E-state index in [9.17, 15) is 0 Å². The van der Waals surface area contributed by atoms with E-state index in [1.165, 1.54) is 18.4 Å². The summed E-state index contributed by atoms with van der Waals surface area (Å²) in [4.78, 5) is 0. The number of benzene rings is 1. The first kappa shape index (κ1) is 12.3. The Hall–Kier alpha value is -0.820. The van der Waals surface area contributed by atoms with Crippen molar-refractivity contribution >= 4 is 0 Å². The van der Waals surface area contributed by atoms with Gasteiger partial charge in [-0.25, -0.2) is 0 Å². The average Bonchev–Trinajstić information content (AvgIpc) is 2.31. The number of rotatable bonds is 6. The van der Waals surface area contributed by atoms with Crippen molar-refractivity contribution in [3.63, 3.8) is 0 Å². The van der Waals surface area contributed by atoms with Crippen molar-refractivity contribution in [1.82, 2.24) is 5.32 Å². The van der Waals surface area contributed by atoms with Crippen molar-refractivity contribution in [2.45, 2.75) is 45.6 Å². The molecule has 0 bridgehead atoms. The van der Waals surface area contributed by atoms with Crippen LogP contribution in [0, 0.1) is 0 Å². The molecule has 0 aliphatic heterocycles. The molecule has 0 aliphatic rings. The highest BCUT2D eigenvalue weighted by molar-refractivity contribution is 5.18. The molecule has 0 amide bonds. The van der Waals surface area contributed by atoms with Gasteiger partial charge in [0.2, 0.25) is 0 Å². The molecule has 15 heavy (non-hydrogen) atoms. The lowest BCUT2D eigenvalue weighted by Crippen LogP contribution is -2.30. The first-order valence-electron chi connectivity index (χ1n) is 6.06. The van der Waals surface area contributed by atoms with E-state index in [1.54, 1.807) is 0 Å². The predicted octanol–water partition coefficient (Wildman–Crippen LogP) is 3.57. The molecule has 1 atom stereocenters. The second-order valence-electron chi connectivity index (χ2n) is 4.23. The lowest BCUT2D eigenvalue weighted by molar-refractivity contribution is 0.467. The van der Waals surface area contributed by atoms with Crippen LogP contribution in [-0.2, 0) is 0 Å². The van der Waals surface area contributed by atoms with Crippen molar-refractivity contribution in [2.75, 3.05) is 6.54 Å². The van der Waals surface area contributed by atoms with E-state index in [0.717, 1.165) is 6.54 Å². The average molecular weight is 205 g/mol. The quantitative estimate of drug-likeness (QED) is 0.748. The van der Waals surface area contributed by atoms with Crippen LogP contribution < -0.4 is 5.32 Å². The van der Waals surface area contributed by atoms with E-state index in [0.29, 0.717) is 12.0 Å². The Morgan fingerprint density at radius 2 is 1.67 bits per heavy atom. The molecule has 1 nitrogen and oxygen atoms in total. The second kappa shape index (κ2) is 6.62. The highest BCUT2D eigenvalue weighted by Gasteiger charge is 2.07. The normalized spacial score (nSPS) is 13.1. The summed E-state index contributed by atoms with van der Waals surface area (Å²) in [6, 6.07) is 11.4. The van der Waals surface area contributed by atoms with Crippen molar-refractivity contribution in [3.8, 4) is 0 Å². The summed E-state index contributed by atoms with van der Waals surface area (Å²) in [5.74, 6) is 0.604. The van der Waals surface area contributed by atoms with Crippen molar-refractivity contribution in [1.29, 1.82) is 0 Å². The van der Waals surface area contributed by atoms with E-state index in [4.69, 9.17) is 0 Å². The molecule has 0 spiro atoms. The van der Waals surface area contributed by atoms with E-state index >= 15 is 0 Å². The van der Waals surface area contributed by atoms with Gasteiger partial charge in [0.05, 0.1) is 0 Å². The second-order valence-corrected chi connectivity index (χ2v) is 4.23. The monoisotopic (exact) mass is 205 g/mol. The summed E-state index contributed by atoms with van der Waals surface area (Å²) in [6.07, 6.45) is 2.44. The first-order chi connectivity index (χ1) is 7.27. The van der Waals surface area contributed by atoms with Gasteiger partial charge in [0.25, 0.3) is 0 Å². The molecule has 1 aromatic rings. The molecule has 0 radical (unpaired) electrons. The molecule has 0 saturated heterocycles. The smallest absolute Gasteiger partial charge is 0.00620 e. The molecular weight excluding hydrogens is 182 g/mol. The molecule has 1 rings (SSSR count). The molecule has 1 heteroatoms. The third-order valence-electron chi connectivity index (χ3n) is 3.07. The summed E-state index contributed by atoms with van der Waals surface area (Å²) in [6.45, 7) is 7.85. The minimum Gasteiger partial charge on any atom is -0.313 e. The van der Waals surface area contributed by atoms with Gasteiger partial charge in [-0.2, -0.15) is 0 Å². The Morgan fingerprint density at radius 1 is 1.07 bits per heavy atom. The van der Waals surface area contributed by atoms with Gasteiger partial charge in [-0.05, 0) is 24.3 Å². The maximum absolute atomic E-state index is 3.62. The summed E-state index contributed by atoms with van der Waals surface area (Å²) >= 11 is 0. The van der Waals surface area contributed by atoms with Crippen LogP contribution in [0.25, 0.3) is 0 Å². The van der Waals surface area contributed by atoms with Gasteiger partial charge in [-0.3, -0.25) is 0 Å². The highest BCUT2D eigenvalue weighted by Crippen LogP contribution is 2.13. The number of nitrogens with one attached hydrogen (secondary N) is 1. The molecule has 0 fully saturated rings. The van der Waals surface area contributed by atoms with Crippen molar-refractivity contribution < 1.29 is 0 Å². The molecule has 0 aromatic heterocycles. The van der Waals surface area contributed by atoms with Gasteiger partial charge >= 0.3 is 0 Å². The number of hydrogen-bond donors (Lipinski definition) is 1. The third kappa shape index (κ3) is 4.05. The summed E-state index contributed by atoms with van der Waals surface area (Å²) in [7, 11) is 0. The van der Waals surface area contributed by atoms with Crippen molar-refractivity contribution in [3.05, 3.63) is 35.9 Å². The molecule has 0 heterocycles. The topological polar surface area (TPSA) is 12.0 Å². The Labute approximate surface area is 93.9 Å². The van der Waals surface area contributed by atoms with Gasteiger partial charge in [0, 0.05) is 12.6 Å². The lowest BCUT2D eigenvalue weighted by atomic mass is 10.0. The zero-order valence-electron chi connectivity index (χ0n) is 10.2. The fourth-order valence-corrected chi connectivity index (χ4v) is 1.82. The molecule has 1 N–H and O–H groups in total.